The van der Waals surface area contributed by atoms with Gasteiger partial charge in [-0.3, -0.25) is 9.69 Å². The summed E-state index contributed by atoms with van der Waals surface area (Å²) in [7, 11) is 3.11. The quantitative estimate of drug-likeness (QED) is 0.613. The molecule has 35 heavy (non-hydrogen) atoms. The Morgan fingerprint density at radius 2 is 1.71 bits per heavy atom. The molecule has 1 saturated heterocycles. The van der Waals surface area contributed by atoms with Gasteiger partial charge in [-0.05, 0) is 31.2 Å². The molecule has 3 rings (SSSR count). The number of nitrogens with zero attached hydrogens (tertiary/aromatic N) is 2. The maximum Gasteiger partial charge on any atom is 0.418 e. The molecule has 0 radical (unpaired) electrons. The van der Waals surface area contributed by atoms with E-state index in [1.165, 1.54) is 18.2 Å². The number of rotatable bonds is 7. The van der Waals surface area contributed by atoms with Crippen LogP contribution in [0.5, 0.6) is 11.5 Å². The van der Waals surface area contributed by atoms with Gasteiger partial charge < -0.3 is 25.0 Å². The first kappa shape index (κ1) is 26.1. The average molecular weight is 495 g/mol. The van der Waals surface area contributed by atoms with Gasteiger partial charge in [-0.25, -0.2) is 4.79 Å². The number of ether oxygens (including phenoxy) is 2. The first-order valence-electron chi connectivity index (χ1n) is 11.1. The summed E-state index contributed by atoms with van der Waals surface area (Å²) >= 11 is 0. The smallest absolute Gasteiger partial charge is 0.418 e. The van der Waals surface area contributed by atoms with Crippen molar-refractivity contribution in [3.8, 4) is 11.5 Å². The van der Waals surface area contributed by atoms with Gasteiger partial charge in [-0.1, -0.05) is 12.1 Å². The molecule has 1 heterocycles. The molecule has 2 aromatic rings. The zero-order chi connectivity index (χ0) is 25.6. The van der Waals surface area contributed by atoms with Gasteiger partial charge in [-0.15, -0.1) is 0 Å². The van der Waals surface area contributed by atoms with Crippen molar-refractivity contribution in [3.05, 3.63) is 53.6 Å². The number of carbonyl (C=O) groups excluding carboxylic acids is 2. The van der Waals surface area contributed by atoms with Crippen molar-refractivity contribution in [2.75, 3.05) is 52.3 Å². The Balaban J connectivity index is 1.50. The van der Waals surface area contributed by atoms with E-state index in [4.69, 9.17) is 9.47 Å². The highest BCUT2D eigenvalue weighted by Crippen LogP contribution is 2.34. The number of nitrogens with one attached hydrogen (secondary N) is 2. The van der Waals surface area contributed by atoms with Gasteiger partial charge in [0.15, 0.2) is 0 Å². The number of carbonyl (C=O) groups is 2. The molecule has 8 nitrogen and oxygen atoms in total. The van der Waals surface area contributed by atoms with Crippen molar-refractivity contribution in [3.63, 3.8) is 0 Å². The van der Waals surface area contributed by atoms with Gasteiger partial charge in [0.2, 0.25) is 5.91 Å². The lowest BCUT2D eigenvalue weighted by molar-refractivity contribution is -0.137. The van der Waals surface area contributed by atoms with Gasteiger partial charge in [0.05, 0.1) is 38.1 Å². The van der Waals surface area contributed by atoms with Crippen molar-refractivity contribution in [2.24, 2.45) is 0 Å². The number of amides is 3. The van der Waals surface area contributed by atoms with Crippen LogP contribution in [-0.4, -0.2) is 68.7 Å². The summed E-state index contributed by atoms with van der Waals surface area (Å²) in [4.78, 5) is 28.5. The van der Waals surface area contributed by atoms with Crippen LogP contribution in [0.25, 0.3) is 0 Å². The second-order valence-corrected chi connectivity index (χ2v) is 8.13. The molecule has 1 aliphatic heterocycles. The van der Waals surface area contributed by atoms with E-state index in [1.54, 1.807) is 36.2 Å². The van der Waals surface area contributed by atoms with E-state index in [0.29, 0.717) is 37.7 Å². The number of halogens is 3. The summed E-state index contributed by atoms with van der Waals surface area (Å²) in [5.74, 6) is 0.700. The summed E-state index contributed by atoms with van der Waals surface area (Å²) in [6, 6.07) is 9.65. The van der Waals surface area contributed by atoms with E-state index in [2.05, 4.69) is 10.6 Å². The number of para-hydroxylation sites is 1. The lowest BCUT2D eigenvalue weighted by atomic mass is 10.1. The fraction of sp³-hybridized carbons (Fsp3) is 0.417. The molecule has 1 atom stereocenters. The minimum Gasteiger partial charge on any atom is -0.497 e. The Hall–Kier alpha value is -3.47. The monoisotopic (exact) mass is 494 g/mol. The Labute approximate surface area is 202 Å². The molecule has 2 N–H and O–H groups in total. The third-order valence-electron chi connectivity index (χ3n) is 5.78. The van der Waals surface area contributed by atoms with Crippen molar-refractivity contribution >= 4 is 17.6 Å². The minimum atomic E-state index is -4.56. The van der Waals surface area contributed by atoms with Gasteiger partial charge >= 0.3 is 12.2 Å². The molecule has 2 aromatic carbocycles. The molecule has 0 spiro atoms. The Kier molecular flexibility index (Phi) is 8.44. The number of urea groups is 1. The first-order valence-corrected chi connectivity index (χ1v) is 11.1. The van der Waals surface area contributed by atoms with E-state index in [0.717, 1.165) is 11.6 Å². The summed E-state index contributed by atoms with van der Waals surface area (Å²) in [5, 5.41) is 5.30. The molecule has 3 amide bonds. The topological polar surface area (TPSA) is 83.1 Å². The van der Waals surface area contributed by atoms with Crippen molar-refractivity contribution in [2.45, 2.75) is 19.1 Å². The molecule has 1 fully saturated rings. The van der Waals surface area contributed by atoms with Crippen LogP contribution >= 0.6 is 0 Å². The summed E-state index contributed by atoms with van der Waals surface area (Å²) in [6.07, 6.45) is -4.56. The van der Waals surface area contributed by atoms with Crippen molar-refractivity contribution < 1.29 is 32.2 Å². The highest BCUT2D eigenvalue weighted by atomic mass is 19.4. The predicted molar refractivity (Wildman–Crippen MR) is 125 cm³/mol. The van der Waals surface area contributed by atoms with Crippen LogP contribution in [0.1, 0.15) is 24.1 Å². The Morgan fingerprint density at radius 3 is 2.34 bits per heavy atom. The van der Waals surface area contributed by atoms with E-state index < -0.39 is 17.6 Å². The molecule has 0 bridgehead atoms. The van der Waals surface area contributed by atoms with Crippen LogP contribution < -0.4 is 20.1 Å². The fourth-order valence-electron chi connectivity index (χ4n) is 3.87. The van der Waals surface area contributed by atoms with Crippen LogP contribution in [0.3, 0.4) is 0 Å². The third kappa shape index (κ3) is 6.78. The van der Waals surface area contributed by atoms with E-state index in [9.17, 15) is 22.8 Å². The summed E-state index contributed by atoms with van der Waals surface area (Å²) < 4.78 is 50.0. The predicted octanol–water partition coefficient (Wildman–Crippen LogP) is 3.75. The molecule has 1 aliphatic rings. The number of alkyl halides is 3. The summed E-state index contributed by atoms with van der Waals surface area (Å²) in [6.45, 7) is 3.38. The SMILES string of the molecule is COc1ccc(C(C)NC(=O)N2CCN(CC(=O)Nc3ccccc3C(F)(F)F)CC2)c(OC)c1. The van der Waals surface area contributed by atoms with Gasteiger partial charge in [0.25, 0.3) is 0 Å². The molecular weight excluding hydrogens is 465 g/mol. The van der Waals surface area contributed by atoms with Crippen LogP contribution in [0.2, 0.25) is 0 Å². The largest absolute Gasteiger partial charge is 0.497 e. The zero-order valence-electron chi connectivity index (χ0n) is 19.8. The highest BCUT2D eigenvalue weighted by Gasteiger charge is 2.33. The first-order chi connectivity index (χ1) is 16.6. The number of piperazine rings is 1. The maximum atomic E-state index is 13.1. The van der Waals surface area contributed by atoms with Crippen LogP contribution in [-0.2, 0) is 11.0 Å². The molecule has 0 aliphatic carbocycles. The molecule has 1 unspecified atom stereocenters. The maximum absolute atomic E-state index is 13.1. The van der Waals surface area contributed by atoms with Crippen LogP contribution in [0.4, 0.5) is 23.7 Å². The van der Waals surface area contributed by atoms with Gasteiger partial charge in [0.1, 0.15) is 11.5 Å². The number of anilines is 1. The van der Waals surface area contributed by atoms with Crippen LogP contribution in [0, 0.1) is 0 Å². The lowest BCUT2D eigenvalue weighted by Gasteiger charge is -2.35. The Bertz CT molecular complexity index is 1040. The minimum absolute atomic E-state index is 0.0684. The standard InChI is InChI=1S/C24H29F3N4O4/c1-16(18-9-8-17(34-2)14-21(18)35-3)28-23(33)31-12-10-30(11-13-31)15-22(32)29-20-7-5-4-6-19(20)24(25,26)27/h4-9,14,16H,10-13,15H2,1-3H3,(H,28,33)(H,29,32). The number of benzene rings is 2. The van der Waals surface area contributed by atoms with Gasteiger partial charge in [0, 0.05) is 37.8 Å². The van der Waals surface area contributed by atoms with Crippen LogP contribution in [0.15, 0.2) is 42.5 Å². The Morgan fingerprint density at radius 1 is 1.03 bits per heavy atom. The number of hydrogen-bond acceptors (Lipinski definition) is 5. The second-order valence-electron chi connectivity index (χ2n) is 8.13. The average Bonchev–Trinajstić information content (AvgIpc) is 2.83. The molecule has 190 valence electrons. The number of hydrogen-bond donors (Lipinski definition) is 2. The number of methoxy groups -OCH3 is 2. The normalized spacial score (nSPS) is 15.3. The van der Waals surface area contributed by atoms with Crippen molar-refractivity contribution in [1.82, 2.24) is 15.1 Å². The van der Waals surface area contributed by atoms with E-state index in [1.807, 2.05) is 13.0 Å². The molecule has 0 saturated carbocycles. The molecule has 11 heteroatoms. The van der Waals surface area contributed by atoms with E-state index in [-0.39, 0.29) is 24.3 Å². The zero-order valence-corrected chi connectivity index (χ0v) is 19.8. The second kappa shape index (κ2) is 11.3. The third-order valence-corrected chi connectivity index (χ3v) is 5.78. The van der Waals surface area contributed by atoms with Gasteiger partial charge in [-0.2, -0.15) is 13.2 Å². The highest BCUT2D eigenvalue weighted by molar-refractivity contribution is 5.93. The van der Waals surface area contributed by atoms with Crippen molar-refractivity contribution in [1.29, 1.82) is 0 Å². The molecule has 0 aromatic heterocycles. The lowest BCUT2D eigenvalue weighted by Crippen LogP contribution is -2.53. The summed E-state index contributed by atoms with van der Waals surface area (Å²) in [5.41, 5.74) is -0.362. The molecular formula is C24H29F3N4O4. The van der Waals surface area contributed by atoms with E-state index >= 15 is 0 Å². The fourth-order valence-corrected chi connectivity index (χ4v) is 3.87.